The highest BCUT2D eigenvalue weighted by atomic mass is 19.1. The fraction of sp³-hybridized carbons (Fsp3) is 0.200. The van der Waals surface area contributed by atoms with Crippen molar-refractivity contribution in [3.63, 3.8) is 0 Å². The Hall–Kier alpha value is -1.94. The molecule has 0 aliphatic heterocycles. The first-order chi connectivity index (χ1) is 9.06. The van der Waals surface area contributed by atoms with Gasteiger partial charge in [-0.2, -0.15) is 0 Å². The van der Waals surface area contributed by atoms with E-state index in [2.05, 4.69) is 0 Å². The van der Waals surface area contributed by atoms with Crippen LogP contribution in [0.2, 0.25) is 0 Å². The normalized spacial score (nSPS) is 12.2. The predicted molar refractivity (Wildman–Crippen MR) is 69.7 cm³/mol. The van der Waals surface area contributed by atoms with E-state index in [1.54, 1.807) is 6.07 Å². The van der Waals surface area contributed by atoms with Crippen molar-refractivity contribution >= 4 is 0 Å². The van der Waals surface area contributed by atoms with Crippen molar-refractivity contribution in [1.82, 2.24) is 0 Å². The minimum absolute atomic E-state index is 0.0956. The Morgan fingerprint density at radius 2 is 1.74 bits per heavy atom. The van der Waals surface area contributed by atoms with E-state index < -0.39 is 11.6 Å². The molecule has 0 aliphatic carbocycles. The van der Waals surface area contributed by atoms with Gasteiger partial charge in [0, 0.05) is 17.7 Å². The number of ether oxygens (including phenoxy) is 1. The van der Waals surface area contributed by atoms with E-state index >= 15 is 0 Å². The zero-order valence-corrected chi connectivity index (χ0v) is 10.6. The van der Waals surface area contributed by atoms with Crippen LogP contribution in [0.3, 0.4) is 0 Å². The Morgan fingerprint density at radius 3 is 2.37 bits per heavy atom. The maximum Gasteiger partial charge on any atom is 0.126 e. The average molecular weight is 263 g/mol. The van der Waals surface area contributed by atoms with Gasteiger partial charge in [0.1, 0.15) is 24.0 Å². The third kappa shape index (κ3) is 3.51. The van der Waals surface area contributed by atoms with E-state index in [-0.39, 0.29) is 12.6 Å². The smallest absolute Gasteiger partial charge is 0.126 e. The number of hydrogen-bond acceptors (Lipinski definition) is 2. The summed E-state index contributed by atoms with van der Waals surface area (Å²) in [5.74, 6) is -0.597. The molecule has 0 aromatic heterocycles. The molecule has 2 N–H and O–H groups in total. The van der Waals surface area contributed by atoms with Crippen LogP contribution in [0.15, 0.2) is 42.5 Å². The van der Waals surface area contributed by atoms with Gasteiger partial charge in [0.25, 0.3) is 0 Å². The van der Waals surface area contributed by atoms with Crippen LogP contribution in [0.4, 0.5) is 8.78 Å². The van der Waals surface area contributed by atoms with Gasteiger partial charge in [0.05, 0.1) is 0 Å². The van der Waals surface area contributed by atoms with E-state index in [0.29, 0.717) is 11.3 Å². The molecule has 2 rings (SSSR count). The Labute approximate surface area is 110 Å². The van der Waals surface area contributed by atoms with Gasteiger partial charge in [-0.05, 0) is 30.7 Å². The highest BCUT2D eigenvalue weighted by Gasteiger charge is 2.08. The first-order valence-corrected chi connectivity index (χ1v) is 5.98. The zero-order chi connectivity index (χ0) is 13.8. The Balaban J connectivity index is 2.14. The van der Waals surface area contributed by atoms with Crippen LogP contribution in [0.5, 0.6) is 5.75 Å². The summed E-state index contributed by atoms with van der Waals surface area (Å²) in [6.45, 7) is 1.95. The summed E-state index contributed by atoms with van der Waals surface area (Å²) in [7, 11) is 0. The lowest BCUT2D eigenvalue weighted by atomic mass is 10.1. The number of para-hydroxylation sites is 1. The molecule has 0 radical (unpaired) electrons. The van der Waals surface area contributed by atoms with E-state index in [4.69, 9.17) is 10.5 Å². The first kappa shape index (κ1) is 13.5. The van der Waals surface area contributed by atoms with Gasteiger partial charge in [-0.1, -0.05) is 18.2 Å². The molecule has 19 heavy (non-hydrogen) atoms. The standard InChI is InChI=1S/C15H15F2NO/c1-10(18)14-4-2-3-5-15(14)19-9-11-6-12(16)8-13(17)7-11/h2-8,10H,9,18H2,1H3/t10-/m0/s1. The molecule has 0 saturated heterocycles. The number of nitrogens with two attached hydrogens (primary N) is 1. The summed E-state index contributed by atoms with van der Waals surface area (Å²) in [4.78, 5) is 0. The minimum atomic E-state index is -0.612. The van der Waals surface area contributed by atoms with Crippen LogP contribution < -0.4 is 10.5 Å². The molecule has 2 aromatic rings. The first-order valence-electron chi connectivity index (χ1n) is 5.98. The van der Waals surface area contributed by atoms with Gasteiger partial charge < -0.3 is 10.5 Å². The van der Waals surface area contributed by atoms with E-state index in [0.717, 1.165) is 11.6 Å². The van der Waals surface area contributed by atoms with Gasteiger partial charge in [0.2, 0.25) is 0 Å². The summed E-state index contributed by atoms with van der Waals surface area (Å²) in [6, 6.07) is 10.5. The number of rotatable bonds is 4. The largest absolute Gasteiger partial charge is 0.489 e. The van der Waals surface area contributed by atoms with Crippen LogP contribution in [0.25, 0.3) is 0 Å². The quantitative estimate of drug-likeness (QED) is 0.915. The second kappa shape index (κ2) is 5.80. The third-order valence-corrected chi connectivity index (χ3v) is 2.73. The van der Waals surface area contributed by atoms with Crippen LogP contribution in [-0.2, 0) is 6.61 Å². The fourth-order valence-corrected chi connectivity index (χ4v) is 1.84. The lowest BCUT2D eigenvalue weighted by Crippen LogP contribution is -2.08. The van der Waals surface area contributed by atoms with Crippen molar-refractivity contribution in [1.29, 1.82) is 0 Å². The van der Waals surface area contributed by atoms with Crippen molar-refractivity contribution in [2.75, 3.05) is 0 Å². The van der Waals surface area contributed by atoms with Crippen LogP contribution in [0.1, 0.15) is 24.1 Å². The molecule has 0 heterocycles. The zero-order valence-electron chi connectivity index (χ0n) is 10.6. The molecular formula is C15H15F2NO. The maximum absolute atomic E-state index is 13.0. The van der Waals surface area contributed by atoms with Crippen molar-refractivity contribution in [3.05, 3.63) is 65.2 Å². The van der Waals surface area contributed by atoms with E-state index in [1.165, 1.54) is 12.1 Å². The van der Waals surface area contributed by atoms with E-state index in [9.17, 15) is 8.78 Å². The SMILES string of the molecule is C[C@H](N)c1ccccc1OCc1cc(F)cc(F)c1. The average Bonchev–Trinajstić information content (AvgIpc) is 2.35. The predicted octanol–water partition coefficient (Wildman–Crippen LogP) is 3.56. The molecule has 4 heteroatoms. The molecule has 0 spiro atoms. The summed E-state index contributed by atoms with van der Waals surface area (Å²) in [6.07, 6.45) is 0. The second-order valence-electron chi connectivity index (χ2n) is 4.39. The maximum atomic E-state index is 13.0. The number of hydrogen-bond donors (Lipinski definition) is 1. The summed E-state index contributed by atoms with van der Waals surface area (Å²) in [5, 5.41) is 0. The fourth-order valence-electron chi connectivity index (χ4n) is 1.84. The Kier molecular flexibility index (Phi) is 4.12. The van der Waals surface area contributed by atoms with Crippen LogP contribution in [-0.4, -0.2) is 0 Å². The van der Waals surface area contributed by atoms with Crippen molar-refractivity contribution in [2.45, 2.75) is 19.6 Å². The second-order valence-corrected chi connectivity index (χ2v) is 4.39. The molecule has 0 fully saturated rings. The molecule has 1 atom stereocenters. The van der Waals surface area contributed by atoms with Crippen LogP contribution in [0, 0.1) is 11.6 Å². The topological polar surface area (TPSA) is 35.2 Å². The minimum Gasteiger partial charge on any atom is -0.489 e. The summed E-state index contributed by atoms with van der Waals surface area (Å²) in [5.41, 5.74) is 7.13. The molecular weight excluding hydrogens is 248 g/mol. The van der Waals surface area contributed by atoms with Crippen molar-refractivity contribution in [2.24, 2.45) is 5.73 Å². The van der Waals surface area contributed by atoms with Crippen molar-refractivity contribution < 1.29 is 13.5 Å². The lowest BCUT2D eigenvalue weighted by Gasteiger charge is -2.13. The Bertz CT molecular complexity index is 550. The molecule has 0 bridgehead atoms. The molecule has 2 nitrogen and oxygen atoms in total. The highest BCUT2D eigenvalue weighted by molar-refractivity contribution is 5.35. The molecule has 2 aromatic carbocycles. The monoisotopic (exact) mass is 263 g/mol. The van der Waals surface area contributed by atoms with Gasteiger partial charge in [-0.25, -0.2) is 8.78 Å². The third-order valence-electron chi connectivity index (χ3n) is 2.73. The van der Waals surface area contributed by atoms with Gasteiger partial charge >= 0.3 is 0 Å². The molecule has 0 saturated carbocycles. The molecule has 0 amide bonds. The lowest BCUT2D eigenvalue weighted by molar-refractivity contribution is 0.300. The van der Waals surface area contributed by atoms with E-state index in [1.807, 2.05) is 25.1 Å². The number of benzene rings is 2. The molecule has 0 aliphatic rings. The summed E-state index contributed by atoms with van der Waals surface area (Å²) >= 11 is 0. The van der Waals surface area contributed by atoms with Gasteiger partial charge in [-0.3, -0.25) is 0 Å². The highest BCUT2D eigenvalue weighted by Crippen LogP contribution is 2.24. The molecule has 100 valence electrons. The molecule has 0 unspecified atom stereocenters. The van der Waals surface area contributed by atoms with Crippen molar-refractivity contribution in [3.8, 4) is 5.75 Å². The summed E-state index contributed by atoms with van der Waals surface area (Å²) < 4.78 is 31.7. The number of halogens is 2. The van der Waals surface area contributed by atoms with Gasteiger partial charge in [-0.15, -0.1) is 0 Å². The van der Waals surface area contributed by atoms with Crippen LogP contribution >= 0.6 is 0 Å². The Morgan fingerprint density at radius 1 is 1.11 bits per heavy atom. The van der Waals surface area contributed by atoms with Gasteiger partial charge in [0.15, 0.2) is 0 Å².